The van der Waals surface area contributed by atoms with Crippen LogP contribution in [-0.2, 0) is 6.42 Å². The second kappa shape index (κ2) is 6.17. The Morgan fingerprint density at radius 3 is 2.57 bits per heavy atom. The molecule has 2 N–H and O–H groups in total. The minimum absolute atomic E-state index is 0.155. The SMILES string of the molecule is C=C[C@@H]1C[C@H](Cc2ccccc2)[C@@H]2[C@H]1[C@@H](CO)C=C[C@H]2O. The van der Waals surface area contributed by atoms with Crippen LogP contribution < -0.4 is 0 Å². The van der Waals surface area contributed by atoms with Gasteiger partial charge in [0.25, 0.3) is 0 Å². The lowest BCUT2D eigenvalue weighted by Crippen LogP contribution is -2.37. The van der Waals surface area contributed by atoms with Gasteiger partial charge in [-0.2, -0.15) is 0 Å². The van der Waals surface area contributed by atoms with E-state index in [1.54, 1.807) is 0 Å². The van der Waals surface area contributed by atoms with Crippen LogP contribution in [0.3, 0.4) is 0 Å². The molecule has 2 aliphatic carbocycles. The van der Waals surface area contributed by atoms with Gasteiger partial charge in [0.1, 0.15) is 0 Å². The minimum Gasteiger partial charge on any atom is -0.396 e. The molecule has 112 valence electrons. The van der Waals surface area contributed by atoms with Crippen LogP contribution in [0.25, 0.3) is 0 Å². The third kappa shape index (κ3) is 2.70. The highest BCUT2D eigenvalue weighted by Crippen LogP contribution is 2.51. The van der Waals surface area contributed by atoms with Crippen molar-refractivity contribution in [2.75, 3.05) is 6.61 Å². The van der Waals surface area contributed by atoms with Crippen molar-refractivity contribution >= 4 is 0 Å². The summed E-state index contributed by atoms with van der Waals surface area (Å²) in [5.74, 6) is 1.55. The van der Waals surface area contributed by atoms with Crippen molar-refractivity contribution in [2.45, 2.75) is 18.9 Å². The lowest BCUT2D eigenvalue weighted by molar-refractivity contribution is 0.0520. The Morgan fingerprint density at radius 1 is 1.14 bits per heavy atom. The fourth-order valence-corrected chi connectivity index (χ4v) is 4.46. The van der Waals surface area contributed by atoms with Crippen LogP contribution in [0, 0.1) is 29.6 Å². The van der Waals surface area contributed by atoms with Crippen LogP contribution in [0.5, 0.6) is 0 Å². The lowest BCUT2D eigenvalue weighted by atomic mass is 9.71. The number of hydrogen-bond donors (Lipinski definition) is 2. The van der Waals surface area contributed by atoms with Gasteiger partial charge >= 0.3 is 0 Å². The van der Waals surface area contributed by atoms with Gasteiger partial charge in [-0.15, -0.1) is 6.58 Å². The van der Waals surface area contributed by atoms with E-state index in [-0.39, 0.29) is 18.4 Å². The summed E-state index contributed by atoms with van der Waals surface area (Å²) < 4.78 is 0. The highest BCUT2D eigenvalue weighted by atomic mass is 16.3. The number of benzene rings is 1. The van der Waals surface area contributed by atoms with E-state index in [1.807, 2.05) is 24.3 Å². The van der Waals surface area contributed by atoms with Gasteiger partial charge in [-0.05, 0) is 42.1 Å². The molecule has 0 saturated heterocycles. The second-order valence-corrected chi connectivity index (χ2v) is 6.46. The number of rotatable bonds is 4. The van der Waals surface area contributed by atoms with Crippen LogP contribution in [0.1, 0.15) is 12.0 Å². The summed E-state index contributed by atoms with van der Waals surface area (Å²) in [6, 6.07) is 10.5. The number of hydrogen-bond acceptors (Lipinski definition) is 2. The van der Waals surface area contributed by atoms with Crippen molar-refractivity contribution in [3.8, 4) is 0 Å². The maximum absolute atomic E-state index is 10.5. The summed E-state index contributed by atoms with van der Waals surface area (Å²) in [4.78, 5) is 0. The highest BCUT2D eigenvalue weighted by Gasteiger charge is 2.48. The van der Waals surface area contributed by atoms with Crippen LogP contribution in [-0.4, -0.2) is 22.9 Å². The van der Waals surface area contributed by atoms with Crippen molar-refractivity contribution in [2.24, 2.45) is 29.6 Å². The minimum atomic E-state index is -0.392. The molecule has 0 bridgehead atoms. The molecule has 0 unspecified atom stereocenters. The van der Waals surface area contributed by atoms with Gasteiger partial charge in [0.05, 0.1) is 6.10 Å². The molecule has 1 fully saturated rings. The van der Waals surface area contributed by atoms with Crippen LogP contribution in [0.4, 0.5) is 0 Å². The monoisotopic (exact) mass is 284 g/mol. The Labute approximate surface area is 126 Å². The van der Waals surface area contributed by atoms with Gasteiger partial charge in [0.15, 0.2) is 0 Å². The lowest BCUT2D eigenvalue weighted by Gasteiger charge is -2.36. The number of allylic oxidation sites excluding steroid dienone is 1. The van der Waals surface area contributed by atoms with Gasteiger partial charge < -0.3 is 10.2 Å². The molecule has 0 amide bonds. The molecule has 1 aromatic rings. The summed E-state index contributed by atoms with van der Waals surface area (Å²) in [7, 11) is 0. The van der Waals surface area contributed by atoms with E-state index >= 15 is 0 Å². The first-order valence-corrected chi connectivity index (χ1v) is 7.88. The van der Waals surface area contributed by atoms with Crippen LogP contribution in [0.2, 0.25) is 0 Å². The third-order valence-corrected chi connectivity index (χ3v) is 5.36. The van der Waals surface area contributed by atoms with Gasteiger partial charge in [-0.3, -0.25) is 0 Å². The quantitative estimate of drug-likeness (QED) is 0.835. The average Bonchev–Trinajstić information content (AvgIpc) is 2.88. The molecule has 6 atom stereocenters. The summed E-state index contributed by atoms with van der Waals surface area (Å²) in [6.07, 6.45) is 7.56. The largest absolute Gasteiger partial charge is 0.396 e. The zero-order valence-electron chi connectivity index (χ0n) is 12.3. The molecule has 1 saturated carbocycles. The van der Waals surface area contributed by atoms with E-state index in [2.05, 4.69) is 30.8 Å². The molecule has 2 aliphatic rings. The maximum atomic E-state index is 10.5. The van der Waals surface area contributed by atoms with Crippen molar-refractivity contribution in [1.29, 1.82) is 0 Å². The zero-order valence-corrected chi connectivity index (χ0v) is 12.3. The highest BCUT2D eigenvalue weighted by molar-refractivity contribution is 5.19. The van der Waals surface area contributed by atoms with Crippen LogP contribution >= 0.6 is 0 Å². The Balaban J connectivity index is 1.86. The molecule has 1 aromatic carbocycles. The summed E-state index contributed by atoms with van der Waals surface area (Å²) >= 11 is 0. The fourth-order valence-electron chi connectivity index (χ4n) is 4.46. The fraction of sp³-hybridized carbons (Fsp3) is 0.474. The van der Waals surface area contributed by atoms with Crippen molar-refractivity contribution in [3.63, 3.8) is 0 Å². The molecule has 0 aliphatic heterocycles. The first-order valence-electron chi connectivity index (χ1n) is 7.88. The van der Waals surface area contributed by atoms with Gasteiger partial charge in [0, 0.05) is 12.5 Å². The Morgan fingerprint density at radius 2 is 1.90 bits per heavy atom. The van der Waals surface area contributed by atoms with Gasteiger partial charge in [-0.1, -0.05) is 48.6 Å². The molecular formula is C19H24O2. The second-order valence-electron chi connectivity index (χ2n) is 6.46. The first-order chi connectivity index (χ1) is 10.2. The molecule has 0 aromatic heterocycles. The van der Waals surface area contributed by atoms with Crippen molar-refractivity contribution in [1.82, 2.24) is 0 Å². The van der Waals surface area contributed by atoms with E-state index < -0.39 is 6.10 Å². The molecule has 0 spiro atoms. The van der Waals surface area contributed by atoms with Crippen molar-refractivity contribution in [3.05, 3.63) is 60.7 Å². The van der Waals surface area contributed by atoms with Gasteiger partial charge in [0.2, 0.25) is 0 Å². The molecule has 0 heterocycles. The molecule has 2 heteroatoms. The van der Waals surface area contributed by atoms with E-state index in [0.717, 1.165) is 12.8 Å². The molecular weight excluding hydrogens is 260 g/mol. The van der Waals surface area contributed by atoms with E-state index in [4.69, 9.17) is 0 Å². The number of aliphatic hydroxyl groups is 2. The third-order valence-electron chi connectivity index (χ3n) is 5.36. The first kappa shape index (κ1) is 14.6. The van der Waals surface area contributed by atoms with E-state index in [9.17, 15) is 10.2 Å². The Bertz CT molecular complexity index is 508. The van der Waals surface area contributed by atoms with E-state index in [0.29, 0.717) is 17.8 Å². The normalized spacial score (nSPS) is 38.2. The number of aliphatic hydroxyl groups excluding tert-OH is 2. The van der Waals surface area contributed by atoms with E-state index in [1.165, 1.54) is 5.56 Å². The predicted molar refractivity (Wildman–Crippen MR) is 84.6 cm³/mol. The Kier molecular flexibility index (Phi) is 4.27. The smallest absolute Gasteiger partial charge is 0.0755 e. The zero-order chi connectivity index (χ0) is 14.8. The molecule has 2 nitrogen and oxygen atoms in total. The van der Waals surface area contributed by atoms with Crippen LogP contribution in [0.15, 0.2) is 55.1 Å². The predicted octanol–water partition coefficient (Wildman–Crippen LogP) is 2.82. The van der Waals surface area contributed by atoms with Gasteiger partial charge in [-0.25, -0.2) is 0 Å². The standard InChI is InChI=1S/C19H24O2/c1-2-14-11-16(10-13-6-4-3-5-7-13)19-17(21)9-8-15(12-20)18(14)19/h2-9,14-21H,1,10-12H2/t14-,15-,16+,17-,18-,19+/m1/s1. The average molecular weight is 284 g/mol. The van der Waals surface area contributed by atoms with Crippen molar-refractivity contribution < 1.29 is 10.2 Å². The maximum Gasteiger partial charge on any atom is 0.0755 e. The number of fused-ring (bicyclic) bond motifs is 1. The summed E-state index contributed by atoms with van der Waals surface area (Å²) in [5, 5.41) is 20.1. The summed E-state index contributed by atoms with van der Waals surface area (Å²) in [6.45, 7) is 4.14. The topological polar surface area (TPSA) is 40.5 Å². The molecule has 0 radical (unpaired) electrons. The molecule has 21 heavy (non-hydrogen) atoms. The summed E-state index contributed by atoms with van der Waals surface area (Å²) in [5.41, 5.74) is 1.33. The Hall–Kier alpha value is -1.38. The molecule has 3 rings (SSSR count).